The number of esters is 1. The average Bonchev–Trinajstić information content (AvgIpc) is 1.86. The van der Waals surface area contributed by atoms with Gasteiger partial charge in [0.05, 0.1) is 0 Å². The number of hydrogen-bond donors (Lipinski definition) is 2. The van der Waals surface area contributed by atoms with Gasteiger partial charge in [0.2, 0.25) is 0 Å². The molecule has 62 valence electrons. The van der Waals surface area contributed by atoms with E-state index < -0.39 is 11.9 Å². The van der Waals surface area contributed by atoms with Crippen molar-refractivity contribution >= 4 is 5.97 Å². The summed E-state index contributed by atoms with van der Waals surface area (Å²) in [6.07, 6.45) is 0.959. The van der Waals surface area contributed by atoms with E-state index in [1.54, 1.807) is 0 Å². The Morgan fingerprint density at radius 1 is 1.64 bits per heavy atom. The molecule has 0 amide bonds. The van der Waals surface area contributed by atoms with Crippen molar-refractivity contribution in [3.8, 4) is 0 Å². The SMILES string of the molecule is C=C(C)C(=O)OCC=C(O)O. The van der Waals surface area contributed by atoms with Crippen molar-refractivity contribution in [3.05, 3.63) is 24.2 Å². The van der Waals surface area contributed by atoms with Gasteiger partial charge in [0, 0.05) is 11.6 Å². The minimum absolute atomic E-state index is 0.159. The lowest BCUT2D eigenvalue weighted by molar-refractivity contribution is -0.137. The van der Waals surface area contributed by atoms with Crippen LogP contribution >= 0.6 is 0 Å². The van der Waals surface area contributed by atoms with Crippen LogP contribution in [-0.4, -0.2) is 22.8 Å². The fraction of sp³-hybridized carbons (Fsp3) is 0.286. The average molecular weight is 158 g/mol. The summed E-state index contributed by atoms with van der Waals surface area (Å²) in [6.45, 7) is 4.68. The first kappa shape index (κ1) is 9.55. The Kier molecular flexibility index (Phi) is 3.80. The topological polar surface area (TPSA) is 66.8 Å². The second-order valence-electron chi connectivity index (χ2n) is 1.94. The Morgan fingerprint density at radius 2 is 2.18 bits per heavy atom. The van der Waals surface area contributed by atoms with Crippen LogP contribution in [0.2, 0.25) is 0 Å². The van der Waals surface area contributed by atoms with Gasteiger partial charge in [-0.3, -0.25) is 0 Å². The molecular weight excluding hydrogens is 148 g/mol. The maximum atomic E-state index is 10.6. The number of aliphatic hydroxyl groups excluding tert-OH is 1. The van der Waals surface area contributed by atoms with E-state index in [0.717, 1.165) is 6.08 Å². The van der Waals surface area contributed by atoms with Gasteiger partial charge in [-0.15, -0.1) is 0 Å². The Hall–Kier alpha value is -1.45. The van der Waals surface area contributed by atoms with E-state index in [1.807, 2.05) is 0 Å². The molecular formula is C7H10O4. The second kappa shape index (κ2) is 4.38. The van der Waals surface area contributed by atoms with Gasteiger partial charge in [-0.25, -0.2) is 4.79 Å². The molecule has 0 unspecified atom stereocenters. The largest absolute Gasteiger partial charge is 0.481 e. The van der Waals surface area contributed by atoms with Crippen molar-refractivity contribution in [2.45, 2.75) is 6.92 Å². The van der Waals surface area contributed by atoms with Crippen LogP contribution in [0.25, 0.3) is 0 Å². The van der Waals surface area contributed by atoms with E-state index in [-0.39, 0.29) is 12.2 Å². The highest BCUT2D eigenvalue weighted by Gasteiger charge is 2.00. The van der Waals surface area contributed by atoms with Crippen LogP contribution in [0.5, 0.6) is 0 Å². The minimum atomic E-state index is -0.862. The summed E-state index contributed by atoms with van der Waals surface area (Å²) < 4.78 is 4.48. The highest BCUT2D eigenvalue weighted by Crippen LogP contribution is 1.92. The Bertz CT molecular complexity index is 189. The van der Waals surface area contributed by atoms with Crippen LogP contribution in [0.3, 0.4) is 0 Å². The van der Waals surface area contributed by atoms with Crippen LogP contribution in [0.4, 0.5) is 0 Å². The number of hydrogen-bond acceptors (Lipinski definition) is 4. The molecule has 0 atom stereocenters. The molecule has 0 fully saturated rings. The third-order valence-electron chi connectivity index (χ3n) is 0.829. The lowest BCUT2D eigenvalue weighted by Gasteiger charge is -1.98. The zero-order chi connectivity index (χ0) is 8.85. The Morgan fingerprint density at radius 3 is 2.55 bits per heavy atom. The predicted octanol–water partition coefficient (Wildman–Crippen LogP) is 1.06. The summed E-state index contributed by atoms with van der Waals surface area (Å²) in [5.74, 6) is -1.41. The summed E-state index contributed by atoms with van der Waals surface area (Å²) in [7, 11) is 0. The van der Waals surface area contributed by atoms with Gasteiger partial charge in [-0.05, 0) is 6.92 Å². The third-order valence-corrected chi connectivity index (χ3v) is 0.829. The second-order valence-corrected chi connectivity index (χ2v) is 1.94. The standard InChI is InChI=1S/C7H10O4/c1-5(2)7(10)11-4-3-6(8)9/h3,8-9H,1,4H2,2H3. The van der Waals surface area contributed by atoms with E-state index in [1.165, 1.54) is 6.92 Å². The summed E-state index contributed by atoms with van der Waals surface area (Å²) in [4.78, 5) is 10.6. The van der Waals surface area contributed by atoms with Crippen molar-refractivity contribution < 1.29 is 19.7 Å². The maximum absolute atomic E-state index is 10.6. The van der Waals surface area contributed by atoms with Crippen molar-refractivity contribution in [2.24, 2.45) is 0 Å². The molecule has 0 aromatic heterocycles. The Balaban J connectivity index is 3.64. The van der Waals surface area contributed by atoms with Crippen molar-refractivity contribution in [1.29, 1.82) is 0 Å². The molecule has 0 aromatic carbocycles. The van der Waals surface area contributed by atoms with E-state index in [0.29, 0.717) is 0 Å². The van der Waals surface area contributed by atoms with E-state index in [4.69, 9.17) is 10.2 Å². The summed E-state index contributed by atoms with van der Waals surface area (Å²) >= 11 is 0. The van der Waals surface area contributed by atoms with Gasteiger partial charge in [-0.2, -0.15) is 0 Å². The van der Waals surface area contributed by atoms with Gasteiger partial charge < -0.3 is 14.9 Å². The molecule has 4 nitrogen and oxygen atoms in total. The van der Waals surface area contributed by atoms with Crippen molar-refractivity contribution in [3.63, 3.8) is 0 Å². The number of ether oxygens (including phenoxy) is 1. The molecule has 2 N–H and O–H groups in total. The minimum Gasteiger partial charge on any atom is -0.481 e. The molecule has 0 aliphatic rings. The monoisotopic (exact) mass is 158 g/mol. The molecule has 0 aromatic rings. The fourth-order valence-electron chi connectivity index (χ4n) is 0.315. The molecule has 0 bridgehead atoms. The molecule has 0 saturated carbocycles. The highest BCUT2D eigenvalue weighted by molar-refractivity contribution is 5.86. The van der Waals surface area contributed by atoms with E-state index in [2.05, 4.69) is 11.3 Å². The molecule has 0 radical (unpaired) electrons. The van der Waals surface area contributed by atoms with Crippen LogP contribution in [-0.2, 0) is 9.53 Å². The molecule has 0 aliphatic carbocycles. The van der Waals surface area contributed by atoms with Crippen LogP contribution < -0.4 is 0 Å². The Labute approximate surface area is 64.4 Å². The quantitative estimate of drug-likeness (QED) is 0.366. The zero-order valence-electron chi connectivity index (χ0n) is 6.20. The maximum Gasteiger partial charge on any atom is 0.333 e. The molecule has 0 spiro atoms. The molecule has 0 rings (SSSR count). The number of aliphatic hydroxyl groups is 2. The first-order valence-corrected chi connectivity index (χ1v) is 2.94. The first-order chi connectivity index (χ1) is 5.04. The summed E-state index contributed by atoms with van der Waals surface area (Å²) in [5.41, 5.74) is 0.274. The van der Waals surface area contributed by atoms with E-state index in [9.17, 15) is 4.79 Å². The summed E-state index contributed by atoms with van der Waals surface area (Å²) in [6, 6.07) is 0. The predicted molar refractivity (Wildman–Crippen MR) is 39.1 cm³/mol. The molecule has 0 aliphatic heterocycles. The summed E-state index contributed by atoms with van der Waals surface area (Å²) in [5, 5.41) is 16.4. The first-order valence-electron chi connectivity index (χ1n) is 2.94. The normalized spacial score (nSPS) is 8.45. The number of carbonyl (C=O) groups excluding carboxylic acids is 1. The molecule has 4 heteroatoms. The number of carbonyl (C=O) groups is 1. The van der Waals surface area contributed by atoms with Crippen molar-refractivity contribution in [2.75, 3.05) is 6.61 Å². The molecule has 11 heavy (non-hydrogen) atoms. The number of rotatable bonds is 3. The lowest BCUT2D eigenvalue weighted by Crippen LogP contribution is -2.04. The van der Waals surface area contributed by atoms with Crippen LogP contribution in [0, 0.1) is 0 Å². The zero-order valence-corrected chi connectivity index (χ0v) is 6.20. The highest BCUT2D eigenvalue weighted by atomic mass is 16.5. The van der Waals surface area contributed by atoms with Gasteiger partial charge in [0.25, 0.3) is 5.95 Å². The molecule has 0 saturated heterocycles. The lowest BCUT2D eigenvalue weighted by atomic mass is 10.4. The van der Waals surface area contributed by atoms with E-state index >= 15 is 0 Å². The van der Waals surface area contributed by atoms with Crippen molar-refractivity contribution in [1.82, 2.24) is 0 Å². The smallest absolute Gasteiger partial charge is 0.333 e. The van der Waals surface area contributed by atoms with Crippen LogP contribution in [0.15, 0.2) is 24.2 Å². The fourth-order valence-corrected chi connectivity index (χ4v) is 0.315. The van der Waals surface area contributed by atoms with Gasteiger partial charge in [0.15, 0.2) is 0 Å². The van der Waals surface area contributed by atoms with Crippen LogP contribution in [0.1, 0.15) is 6.92 Å². The van der Waals surface area contributed by atoms with Gasteiger partial charge >= 0.3 is 5.97 Å². The third kappa shape index (κ3) is 5.02. The molecule has 0 heterocycles. The van der Waals surface area contributed by atoms with Gasteiger partial charge in [-0.1, -0.05) is 6.58 Å². The van der Waals surface area contributed by atoms with Gasteiger partial charge in [0.1, 0.15) is 6.61 Å².